The monoisotopic (exact) mass is 1390 g/mol. The highest BCUT2D eigenvalue weighted by Crippen LogP contribution is 2.48. The van der Waals surface area contributed by atoms with E-state index in [1.165, 1.54) is 61.5 Å². The topological polar surface area (TPSA) is 514 Å². The van der Waals surface area contributed by atoms with Gasteiger partial charge >= 0.3 is 5.97 Å². The van der Waals surface area contributed by atoms with Crippen molar-refractivity contribution in [3.05, 3.63) is 136 Å². The molecule has 40 heteroatoms. The summed E-state index contributed by atoms with van der Waals surface area (Å²) in [4.78, 5) is 34.1. The minimum absolute atomic E-state index is 0.0105. The van der Waals surface area contributed by atoms with Gasteiger partial charge in [0.2, 0.25) is 34.4 Å². The molecular formula is C52H38Cl2N14O19S5. The van der Waals surface area contributed by atoms with E-state index in [4.69, 9.17) is 27.9 Å². The highest BCUT2D eigenvalue weighted by atomic mass is 35.5. The number of hydrogen-bond donors (Lipinski definition) is 11. The number of fused-ring (bicyclic) bond motifs is 3. The first-order chi connectivity index (χ1) is 43.0. The lowest BCUT2D eigenvalue weighted by Crippen LogP contribution is -2.08. The number of halogens is 2. The van der Waals surface area contributed by atoms with Crippen molar-refractivity contribution in [1.29, 1.82) is 0 Å². The molecule has 2 aromatic heterocycles. The molecule has 11 N–H and O–H groups in total. The van der Waals surface area contributed by atoms with Crippen molar-refractivity contribution >= 4 is 181 Å². The number of azo groups is 2. The number of carbonyl (C=O) groups is 1. The van der Waals surface area contributed by atoms with Gasteiger partial charge in [-0.1, -0.05) is 36.4 Å². The Morgan fingerprint density at radius 2 is 0.989 bits per heavy atom. The lowest BCUT2D eigenvalue weighted by molar-refractivity contribution is 0.0600. The molecule has 0 amide bonds. The van der Waals surface area contributed by atoms with Crippen molar-refractivity contribution in [3.8, 4) is 11.5 Å². The van der Waals surface area contributed by atoms with E-state index in [1.807, 2.05) is 0 Å². The molecule has 0 aliphatic carbocycles. The molecule has 2 heterocycles. The van der Waals surface area contributed by atoms with Gasteiger partial charge in [0, 0.05) is 32.9 Å². The SMILES string of the molecule is COC(=O)c1cc(Nc2nc(Cl)nc(Nc3cc(S(=O)(=O)O)cc4cc(C)c(N=Nc5ccccc5S(=O)(=O)O)c(O)c34)n2)cc(Nc2nc(Cl)nc(Nc3cc(C)cc4cc(S(=O)(=O)O)c(N=Nc5ccc6c(S(=O)(=O)O)cccc6c5S(=O)(=O)O)c(O)c34)n2)c1. The highest BCUT2D eigenvalue weighted by Gasteiger charge is 2.28. The highest BCUT2D eigenvalue weighted by molar-refractivity contribution is 7.87. The molecule has 8 aromatic carbocycles. The number of nitrogens with one attached hydrogen (secondary N) is 4. The minimum atomic E-state index is -5.32. The van der Waals surface area contributed by atoms with Crippen LogP contribution in [0.15, 0.2) is 154 Å². The van der Waals surface area contributed by atoms with Crippen molar-refractivity contribution in [2.45, 2.75) is 38.3 Å². The molecular weight excluding hydrogens is 1360 g/mol. The third-order valence-electron chi connectivity index (χ3n) is 12.9. The number of phenolic OH excluding ortho intramolecular Hbond substituents is 2. The number of hydrogen-bond acceptors (Lipinski definition) is 28. The minimum Gasteiger partial charge on any atom is -0.505 e. The number of rotatable bonds is 18. The van der Waals surface area contributed by atoms with Crippen molar-refractivity contribution in [2.75, 3.05) is 28.4 Å². The zero-order valence-corrected chi connectivity index (χ0v) is 51.8. The van der Waals surface area contributed by atoms with Crippen LogP contribution in [-0.2, 0) is 55.3 Å². The van der Waals surface area contributed by atoms with Crippen LogP contribution >= 0.6 is 23.2 Å². The Morgan fingerprint density at radius 1 is 0.478 bits per heavy atom. The van der Waals surface area contributed by atoms with Gasteiger partial charge in [-0.15, -0.1) is 20.5 Å². The lowest BCUT2D eigenvalue weighted by atomic mass is 10.0. The second kappa shape index (κ2) is 24.4. The summed E-state index contributed by atoms with van der Waals surface area (Å²) in [6, 6.07) is 21.0. The van der Waals surface area contributed by atoms with Crippen LogP contribution in [-0.4, -0.2) is 118 Å². The molecule has 0 fully saturated rings. The first-order valence-electron chi connectivity index (χ1n) is 25.1. The van der Waals surface area contributed by atoms with Gasteiger partial charge in [0.15, 0.2) is 11.5 Å². The van der Waals surface area contributed by atoms with Crippen LogP contribution in [0, 0.1) is 13.8 Å². The smallest absolute Gasteiger partial charge is 0.337 e. The van der Waals surface area contributed by atoms with Gasteiger partial charge < -0.3 is 36.2 Å². The number of nitrogens with zero attached hydrogens (tertiary/aromatic N) is 10. The van der Waals surface area contributed by atoms with Crippen LogP contribution < -0.4 is 21.3 Å². The number of carbonyl (C=O) groups excluding carboxylic acids is 1. The van der Waals surface area contributed by atoms with E-state index in [1.54, 1.807) is 6.92 Å². The summed E-state index contributed by atoms with van der Waals surface area (Å²) in [5.41, 5.74) is -2.08. The number of benzene rings is 8. The number of aromatic hydroxyl groups is 2. The molecule has 474 valence electrons. The van der Waals surface area contributed by atoms with E-state index in [2.05, 4.69) is 71.6 Å². The number of aromatic nitrogens is 6. The predicted octanol–water partition coefficient (Wildman–Crippen LogP) is 10.7. The standard InChI is InChI=1S/C52H38Cl2N14O19S5/c1-22-13-24-19-38(91(81,82)83)42(68-66-33-12-11-30-31(45(33)92(84,85)86)7-6-10-36(30)89(75,76)77)44(70)39(24)34(14-22)57-51-61-47(53)59-49(63-51)55-27-16-26(46(71)87-3)17-28(20-27)56-50-60-48(54)62-52(64-50)58-35-21-29(88(72,73)74)18-25-15-23(2)41(43(69)40(25)35)67-65-32-8-4-5-9-37(32)90(78,79)80/h4-21,69-70H,1-3H3,(H,72,73,74)(H,75,76,77)(H,78,79,80)(H,81,82,83)(H,84,85,86)(H2,55,57,59,61,63)(H2,56,58,60,62,64). The van der Waals surface area contributed by atoms with E-state index in [-0.39, 0.29) is 90.0 Å². The molecule has 33 nitrogen and oxygen atoms in total. The van der Waals surface area contributed by atoms with Crippen LogP contribution in [0.2, 0.25) is 10.6 Å². The molecule has 0 atom stereocenters. The number of methoxy groups -OCH3 is 1. The van der Waals surface area contributed by atoms with E-state index >= 15 is 0 Å². The maximum atomic E-state index is 13.1. The van der Waals surface area contributed by atoms with Gasteiger partial charge in [0.05, 0.1) is 28.9 Å². The summed E-state index contributed by atoms with van der Waals surface area (Å²) in [6.07, 6.45) is 0. The maximum absolute atomic E-state index is 13.1. The summed E-state index contributed by atoms with van der Waals surface area (Å²) < 4.78 is 180. The van der Waals surface area contributed by atoms with Crippen molar-refractivity contribution in [3.63, 3.8) is 0 Å². The van der Waals surface area contributed by atoms with Gasteiger partial charge in [0.25, 0.3) is 50.6 Å². The molecule has 0 saturated carbocycles. The molecule has 92 heavy (non-hydrogen) atoms. The van der Waals surface area contributed by atoms with E-state index in [0.717, 1.165) is 61.7 Å². The van der Waals surface area contributed by atoms with Gasteiger partial charge in [-0.3, -0.25) is 22.8 Å². The Bertz CT molecular complexity index is 5510. The Hall–Kier alpha value is -9.84. The fourth-order valence-corrected chi connectivity index (χ4v) is 13.0. The summed E-state index contributed by atoms with van der Waals surface area (Å²) >= 11 is 12.8. The van der Waals surface area contributed by atoms with Gasteiger partial charge in [0.1, 0.15) is 42.3 Å². The number of phenols is 2. The summed E-state index contributed by atoms with van der Waals surface area (Å²) in [6.45, 7) is 3.02. The molecule has 0 bridgehead atoms. The third-order valence-corrected chi connectivity index (χ3v) is 17.7. The van der Waals surface area contributed by atoms with E-state index < -0.39 is 126 Å². The third kappa shape index (κ3) is 13.9. The zero-order valence-electron chi connectivity index (χ0n) is 46.2. The van der Waals surface area contributed by atoms with Crippen LogP contribution in [0.3, 0.4) is 0 Å². The average molecular weight is 1390 g/mol. The second-order valence-corrected chi connectivity index (χ2v) is 26.9. The summed E-state index contributed by atoms with van der Waals surface area (Å²) in [5.74, 6) is -3.95. The number of anilines is 8. The van der Waals surface area contributed by atoms with Crippen LogP contribution in [0.5, 0.6) is 11.5 Å². The first-order valence-corrected chi connectivity index (χ1v) is 33.1. The van der Waals surface area contributed by atoms with Crippen molar-refractivity contribution in [1.82, 2.24) is 29.9 Å². The number of esters is 1. The molecule has 10 aromatic rings. The first kappa shape index (κ1) is 65.1. The van der Waals surface area contributed by atoms with E-state index in [0.29, 0.717) is 5.56 Å². The molecule has 0 radical (unpaired) electrons. The van der Waals surface area contributed by atoms with Crippen molar-refractivity contribution in [2.24, 2.45) is 20.5 Å². The largest absolute Gasteiger partial charge is 0.505 e. The van der Waals surface area contributed by atoms with Gasteiger partial charge in [-0.2, -0.15) is 72.0 Å². The van der Waals surface area contributed by atoms with Crippen LogP contribution in [0.4, 0.5) is 69.3 Å². The Balaban J connectivity index is 0.982. The fourth-order valence-electron chi connectivity index (χ4n) is 9.29. The molecule has 0 saturated heterocycles. The quantitative estimate of drug-likeness (QED) is 0.0216. The maximum Gasteiger partial charge on any atom is 0.337 e. The lowest BCUT2D eigenvalue weighted by Gasteiger charge is -2.16. The number of aryl methyl sites for hydroxylation is 2. The zero-order chi connectivity index (χ0) is 66.7. The Morgan fingerprint density at radius 3 is 1.54 bits per heavy atom. The van der Waals surface area contributed by atoms with Crippen LogP contribution in [0.1, 0.15) is 21.5 Å². The summed E-state index contributed by atoms with van der Waals surface area (Å²) in [5, 5.41) is 48.2. The Kier molecular flexibility index (Phi) is 17.3. The summed E-state index contributed by atoms with van der Waals surface area (Å²) in [7, 11) is -24.2. The number of ether oxygens (including phenoxy) is 1. The molecule has 0 aliphatic rings. The fraction of sp³-hybridized carbons (Fsp3) is 0.0577. The predicted molar refractivity (Wildman–Crippen MR) is 329 cm³/mol. The van der Waals surface area contributed by atoms with Crippen LogP contribution in [0.25, 0.3) is 32.3 Å². The normalized spacial score (nSPS) is 12.5. The molecule has 0 aliphatic heterocycles. The molecule has 0 unspecified atom stereocenters. The second-order valence-electron chi connectivity index (χ2n) is 19.2. The molecule has 10 rings (SSSR count). The van der Waals surface area contributed by atoms with Crippen molar-refractivity contribution < 1.29 is 84.6 Å². The molecule has 0 spiro atoms. The Labute approximate surface area is 527 Å². The average Bonchev–Trinajstić information content (AvgIpc) is 0.777. The van der Waals surface area contributed by atoms with E-state index in [9.17, 15) is 79.9 Å². The van der Waals surface area contributed by atoms with Gasteiger partial charge in [-0.05, 0) is 132 Å². The van der Waals surface area contributed by atoms with Gasteiger partial charge in [-0.25, -0.2) is 4.79 Å².